The summed E-state index contributed by atoms with van der Waals surface area (Å²) in [7, 11) is 0. The van der Waals surface area contributed by atoms with Gasteiger partial charge in [-0.1, -0.05) is 19.8 Å². The monoisotopic (exact) mass is 221 g/mol. The molecule has 1 aliphatic carbocycles. The largest absolute Gasteiger partial charge is 0.367 e. The van der Waals surface area contributed by atoms with Crippen molar-refractivity contribution in [1.29, 1.82) is 0 Å². The van der Waals surface area contributed by atoms with E-state index in [0.717, 1.165) is 18.2 Å². The number of hydrogen-bond donors (Lipinski definition) is 2. The number of anilines is 1. The molecule has 0 spiro atoms. The lowest BCUT2D eigenvalue weighted by Crippen LogP contribution is -2.20. The van der Waals surface area contributed by atoms with E-state index in [4.69, 9.17) is 0 Å². The van der Waals surface area contributed by atoms with E-state index < -0.39 is 0 Å². The van der Waals surface area contributed by atoms with Gasteiger partial charge in [0, 0.05) is 18.5 Å². The first-order valence-electron chi connectivity index (χ1n) is 6.04. The zero-order valence-electron chi connectivity index (χ0n) is 9.92. The smallest absolute Gasteiger partial charge is 0.252 e. The minimum absolute atomic E-state index is 0.0760. The van der Waals surface area contributed by atoms with E-state index >= 15 is 0 Å². The molecule has 0 aromatic carbocycles. The average molecular weight is 221 g/mol. The highest BCUT2D eigenvalue weighted by atomic mass is 16.1. The molecule has 0 saturated heterocycles. The number of nitrogens with zero attached hydrogens (tertiary/aromatic N) is 1. The Labute approximate surface area is 95.5 Å². The number of aromatic amines is 1. The van der Waals surface area contributed by atoms with E-state index in [9.17, 15) is 4.79 Å². The van der Waals surface area contributed by atoms with Crippen LogP contribution < -0.4 is 10.9 Å². The van der Waals surface area contributed by atoms with E-state index in [1.807, 2.05) is 6.92 Å². The zero-order valence-corrected chi connectivity index (χ0v) is 9.92. The van der Waals surface area contributed by atoms with Crippen LogP contribution in [0, 0.1) is 5.92 Å². The number of aryl methyl sites for hydroxylation is 1. The maximum Gasteiger partial charge on any atom is 0.252 e. The van der Waals surface area contributed by atoms with Crippen LogP contribution in [0.4, 0.5) is 5.82 Å². The third-order valence-electron chi connectivity index (χ3n) is 2.90. The van der Waals surface area contributed by atoms with Gasteiger partial charge in [-0.05, 0) is 19.3 Å². The van der Waals surface area contributed by atoms with Gasteiger partial charge in [0.15, 0.2) is 0 Å². The van der Waals surface area contributed by atoms with Crippen molar-refractivity contribution in [3.05, 3.63) is 22.2 Å². The molecular formula is C12H19N3O. The fourth-order valence-corrected chi connectivity index (χ4v) is 1.91. The molecule has 0 aliphatic heterocycles. The summed E-state index contributed by atoms with van der Waals surface area (Å²) >= 11 is 0. The predicted molar refractivity (Wildman–Crippen MR) is 64.7 cm³/mol. The minimum atomic E-state index is -0.0760. The Bertz CT molecular complexity index is 409. The molecule has 1 aromatic heterocycles. The number of rotatable bonds is 5. The van der Waals surface area contributed by atoms with Crippen molar-refractivity contribution in [3.63, 3.8) is 0 Å². The van der Waals surface area contributed by atoms with Crippen LogP contribution >= 0.6 is 0 Å². The number of hydrogen-bond acceptors (Lipinski definition) is 3. The molecule has 88 valence electrons. The summed E-state index contributed by atoms with van der Waals surface area (Å²) < 4.78 is 0. The molecule has 1 fully saturated rings. The summed E-state index contributed by atoms with van der Waals surface area (Å²) in [6, 6.07) is 1.93. The van der Waals surface area contributed by atoms with Crippen molar-refractivity contribution in [2.24, 2.45) is 5.92 Å². The van der Waals surface area contributed by atoms with Crippen LogP contribution in [0.1, 0.15) is 38.9 Å². The highest BCUT2D eigenvalue weighted by Gasteiger charge is 2.23. The van der Waals surface area contributed by atoms with Crippen LogP contribution in [0.3, 0.4) is 0 Å². The van der Waals surface area contributed by atoms with E-state index in [-0.39, 0.29) is 5.56 Å². The third kappa shape index (κ3) is 3.08. The quantitative estimate of drug-likeness (QED) is 0.798. The lowest BCUT2D eigenvalue weighted by molar-refractivity contribution is 0.639. The number of nitrogens with one attached hydrogen (secondary N) is 2. The lowest BCUT2D eigenvalue weighted by Gasteiger charge is -2.14. The van der Waals surface area contributed by atoms with Gasteiger partial charge in [0.2, 0.25) is 0 Å². The second-order valence-electron chi connectivity index (χ2n) is 4.66. The summed E-state index contributed by atoms with van der Waals surface area (Å²) in [6.45, 7) is 4.13. The van der Waals surface area contributed by atoms with Gasteiger partial charge in [0.05, 0.1) is 0 Å². The second-order valence-corrected chi connectivity index (χ2v) is 4.66. The van der Waals surface area contributed by atoms with Crippen molar-refractivity contribution >= 4 is 5.82 Å². The van der Waals surface area contributed by atoms with Gasteiger partial charge in [-0.25, -0.2) is 4.98 Å². The van der Waals surface area contributed by atoms with Gasteiger partial charge in [-0.2, -0.15) is 0 Å². The maximum absolute atomic E-state index is 11.4. The molecule has 1 aliphatic rings. The molecule has 1 unspecified atom stereocenters. The fourth-order valence-electron chi connectivity index (χ4n) is 1.91. The molecule has 4 nitrogen and oxygen atoms in total. The molecule has 0 radical (unpaired) electrons. The lowest BCUT2D eigenvalue weighted by atomic mass is 10.1. The van der Waals surface area contributed by atoms with Crippen molar-refractivity contribution in [2.75, 3.05) is 5.32 Å². The Morgan fingerprint density at radius 2 is 2.38 bits per heavy atom. The number of H-pyrrole nitrogens is 1. The van der Waals surface area contributed by atoms with E-state index in [2.05, 4.69) is 22.2 Å². The summed E-state index contributed by atoms with van der Waals surface area (Å²) in [6.07, 6.45) is 4.64. The second kappa shape index (κ2) is 4.68. The Kier molecular flexibility index (Phi) is 3.27. The Morgan fingerprint density at radius 3 is 3.00 bits per heavy atom. The van der Waals surface area contributed by atoms with Gasteiger partial charge < -0.3 is 10.3 Å². The SMILES string of the molecule is CCc1nc(NC(C)CC2CC2)cc(=O)[nH]1. The summed E-state index contributed by atoms with van der Waals surface area (Å²) in [5, 5.41) is 3.30. The van der Waals surface area contributed by atoms with Crippen molar-refractivity contribution in [2.45, 2.75) is 45.6 Å². The predicted octanol–water partition coefficient (Wildman–Crippen LogP) is 1.93. The molecule has 2 rings (SSSR count). The van der Waals surface area contributed by atoms with Gasteiger partial charge in [-0.3, -0.25) is 4.79 Å². The van der Waals surface area contributed by atoms with Crippen LogP contribution in [0.25, 0.3) is 0 Å². The Morgan fingerprint density at radius 1 is 1.62 bits per heavy atom. The minimum Gasteiger partial charge on any atom is -0.367 e. The Hall–Kier alpha value is -1.32. The number of aromatic nitrogens is 2. The highest BCUT2D eigenvalue weighted by Crippen LogP contribution is 2.33. The molecular weight excluding hydrogens is 202 g/mol. The van der Waals surface area contributed by atoms with E-state index in [1.165, 1.54) is 25.3 Å². The normalized spacial score (nSPS) is 17.1. The standard InChI is InChI=1S/C12H19N3O/c1-3-10-14-11(7-12(16)15-10)13-8(2)6-9-4-5-9/h7-9H,3-6H2,1-2H3,(H2,13,14,15,16). The molecule has 1 saturated carbocycles. The van der Waals surface area contributed by atoms with E-state index in [1.54, 1.807) is 0 Å². The molecule has 1 heterocycles. The van der Waals surface area contributed by atoms with Crippen molar-refractivity contribution in [1.82, 2.24) is 9.97 Å². The van der Waals surface area contributed by atoms with Gasteiger partial charge in [-0.15, -0.1) is 0 Å². The summed E-state index contributed by atoms with van der Waals surface area (Å²) in [5.74, 6) is 2.33. The molecule has 0 bridgehead atoms. The van der Waals surface area contributed by atoms with Crippen molar-refractivity contribution in [3.8, 4) is 0 Å². The summed E-state index contributed by atoms with van der Waals surface area (Å²) in [4.78, 5) is 18.4. The molecule has 16 heavy (non-hydrogen) atoms. The van der Waals surface area contributed by atoms with Gasteiger partial charge in [0.1, 0.15) is 11.6 Å². The average Bonchev–Trinajstić information content (AvgIpc) is 3.00. The molecule has 1 aromatic rings. The van der Waals surface area contributed by atoms with Crippen LogP contribution in [-0.2, 0) is 6.42 Å². The first-order chi connectivity index (χ1) is 7.67. The highest BCUT2D eigenvalue weighted by molar-refractivity contribution is 5.34. The van der Waals surface area contributed by atoms with E-state index in [0.29, 0.717) is 11.9 Å². The Balaban J connectivity index is 2.01. The third-order valence-corrected chi connectivity index (χ3v) is 2.90. The van der Waals surface area contributed by atoms with Crippen molar-refractivity contribution < 1.29 is 0 Å². The van der Waals surface area contributed by atoms with Crippen LogP contribution in [0.15, 0.2) is 10.9 Å². The van der Waals surface area contributed by atoms with Crippen LogP contribution in [0.2, 0.25) is 0 Å². The molecule has 0 amide bonds. The van der Waals surface area contributed by atoms with Gasteiger partial charge in [0.25, 0.3) is 5.56 Å². The maximum atomic E-state index is 11.4. The topological polar surface area (TPSA) is 57.8 Å². The fraction of sp³-hybridized carbons (Fsp3) is 0.667. The first kappa shape index (κ1) is 11.2. The molecule has 4 heteroatoms. The molecule has 1 atom stereocenters. The summed E-state index contributed by atoms with van der Waals surface area (Å²) in [5.41, 5.74) is -0.0760. The molecule has 2 N–H and O–H groups in total. The van der Waals surface area contributed by atoms with Gasteiger partial charge >= 0.3 is 0 Å². The van der Waals surface area contributed by atoms with Crippen LogP contribution in [-0.4, -0.2) is 16.0 Å². The zero-order chi connectivity index (χ0) is 11.5. The first-order valence-corrected chi connectivity index (χ1v) is 6.04. The van der Waals surface area contributed by atoms with Crippen LogP contribution in [0.5, 0.6) is 0 Å².